The first-order valence-electron chi connectivity index (χ1n) is 14.1. The first-order chi connectivity index (χ1) is 19.9. The molecule has 0 aliphatic heterocycles. The summed E-state index contributed by atoms with van der Waals surface area (Å²) in [6, 6.07) is 18.1. The fourth-order valence-corrected chi connectivity index (χ4v) is 4.83. The number of aryl methyl sites for hydroxylation is 1. The number of aromatic nitrogens is 3. The third kappa shape index (κ3) is 7.23. The Morgan fingerprint density at radius 1 is 0.976 bits per heavy atom. The van der Waals surface area contributed by atoms with Crippen LogP contribution in [-0.2, 0) is 6.42 Å². The SMILES string of the molecule is Cc1cnccc1N(C)CCOc1ccc(-c2cn(-c3ccc(OC4=CC=C(F)CC4)cc3)c(CC(C)C)n2)cc1. The van der Waals surface area contributed by atoms with E-state index in [1.165, 1.54) is 6.08 Å². The van der Waals surface area contributed by atoms with Crippen molar-refractivity contribution in [3.8, 4) is 28.4 Å². The topological polar surface area (TPSA) is 52.4 Å². The normalized spacial score (nSPS) is 13.1. The van der Waals surface area contributed by atoms with Crippen LogP contribution in [0.3, 0.4) is 0 Å². The molecule has 0 saturated heterocycles. The van der Waals surface area contributed by atoms with Crippen molar-refractivity contribution < 1.29 is 13.9 Å². The molecule has 2 aromatic carbocycles. The molecule has 0 atom stereocenters. The lowest BCUT2D eigenvalue weighted by molar-refractivity contribution is 0.326. The zero-order chi connectivity index (χ0) is 28.8. The molecule has 1 aliphatic carbocycles. The van der Waals surface area contributed by atoms with Crippen LogP contribution in [0.2, 0.25) is 0 Å². The summed E-state index contributed by atoms with van der Waals surface area (Å²) in [5.41, 5.74) is 5.28. The molecule has 212 valence electrons. The highest BCUT2D eigenvalue weighted by Crippen LogP contribution is 2.28. The minimum absolute atomic E-state index is 0.108. The number of hydrogen-bond donors (Lipinski definition) is 0. The number of allylic oxidation sites excluding steroid dienone is 4. The Morgan fingerprint density at radius 2 is 1.73 bits per heavy atom. The van der Waals surface area contributed by atoms with Gasteiger partial charge >= 0.3 is 0 Å². The summed E-state index contributed by atoms with van der Waals surface area (Å²) in [5, 5.41) is 0. The monoisotopic (exact) mass is 552 g/mol. The van der Waals surface area contributed by atoms with Crippen LogP contribution in [0.1, 0.15) is 38.1 Å². The van der Waals surface area contributed by atoms with Gasteiger partial charge in [0.15, 0.2) is 0 Å². The maximum absolute atomic E-state index is 13.3. The van der Waals surface area contributed by atoms with Gasteiger partial charge in [0.05, 0.1) is 12.2 Å². The molecule has 6 nitrogen and oxygen atoms in total. The minimum atomic E-state index is -0.108. The second-order valence-corrected chi connectivity index (χ2v) is 10.8. The summed E-state index contributed by atoms with van der Waals surface area (Å²) in [5.74, 6) is 3.70. The summed E-state index contributed by atoms with van der Waals surface area (Å²) < 4.78 is 27.4. The summed E-state index contributed by atoms with van der Waals surface area (Å²) in [7, 11) is 2.06. The number of likely N-dealkylation sites (N-methyl/N-ethyl adjacent to an activating group) is 1. The second-order valence-electron chi connectivity index (χ2n) is 10.8. The van der Waals surface area contributed by atoms with Crippen molar-refractivity contribution in [2.75, 3.05) is 25.1 Å². The predicted molar refractivity (Wildman–Crippen MR) is 162 cm³/mol. The van der Waals surface area contributed by atoms with Crippen molar-refractivity contribution in [1.29, 1.82) is 0 Å². The minimum Gasteiger partial charge on any atom is -0.492 e. The average Bonchev–Trinajstić information content (AvgIpc) is 3.38. The largest absolute Gasteiger partial charge is 0.492 e. The molecule has 41 heavy (non-hydrogen) atoms. The fraction of sp³-hybridized carbons (Fsp3) is 0.294. The van der Waals surface area contributed by atoms with E-state index in [-0.39, 0.29) is 5.83 Å². The molecule has 1 aliphatic rings. The van der Waals surface area contributed by atoms with Crippen LogP contribution in [0.25, 0.3) is 16.9 Å². The van der Waals surface area contributed by atoms with E-state index in [4.69, 9.17) is 14.5 Å². The van der Waals surface area contributed by atoms with E-state index in [0.717, 1.165) is 64.2 Å². The molecule has 2 aromatic heterocycles. The molecule has 0 amide bonds. The van der Waals surface area contributed by atoms with Gasteiger partial charge in [-0.3, -0.25) is 4.98 Å². The van der Waals surface area contributed by atoms with Gasteiger partial charge in [-0.2, -0.15) is 0 Å². The number of hydrogen-bond acceptors (Lipinski definition) is 5. The third-order valence-corrected chi connectivity index (χ3v) is 7.04. The molecule has 4 aromatic rings. The third-order valence-electron chi connectivity index (χ3n) is 7.04. The van der Waals surface area contributed by atoms with Gasteiger partial charge in [-0.1, -0.05) is 13.8 Å². The van der Waals surface area contributed by atoms with Gasteiger partial charge in [-0.05, 0) is 85.2 Å². The van der Waals surface area contributed by atoms with Crippen LogP contribution >= 0.6 is 0 Å². The summed E-state index contributed by atoms with van der Waals surface area (Å²) in [6.07, 6.45) is 10.8. The molecular weight excluding hydrogens is 515 g/mol. The maximum atomic E-state index is 13.3. The molecule has 2 heterocycles. The van der Waals surface area contributed by atoms with Crippen LogP contribution in [0.4, 0.5) is 10.1 Å². The van der Waals surface area contributed by atoms with E-state index in [0.29, 0.717) is 25.4 Å². The Bertz CT molecular complexity index is 1520. The van der Waals surface area contributed by atoms with Gasteiger partial charge in [0, 0.05) is 61.8 Å². The summed E-state index contributed by atoms with van der Waals surface area (Å²) in [4.78, 5) is 11.4. The molecule has 0 spiro atoms. The second kappa shape index (κ2) is 12.9. The molecule has 0 saturated carbocycles. The summed E-state index contributed by atoms with van der Waals surface area (Å²) >= 11 is 0. The highest BCUT2D eigenvalue weighted by Gasteiger charge is 2.14. The fourth-order valence-electron chi connectivity index (χ4n) is 4.83. The lowest BCUT2D eigenvalue weighted by atomic mass is 10.1. The zero-order valence-electron chi connectivity index (χ0n) is 24.2. The van der Waals surface area contributed by atoms with Crippen LogP contribution in [-0.4, -0.2) is 34.7 Å². The van der Waals surface area contributed by atoms with Gasteiger partial charge in [-0.15, -0.1) is 0 Å². The van der Waals surface area contributed by atoms with E-state index in [9.17, 15) is 4.39 Å². The Labute approximate surface area is 241 Å². The van der Waals surface area contributed by atoms with Crippen molar-refractivity contribution in [2.24, 2.45) is 5.92 Å². The highest BCUT2D eigenvalue weighted by molar-refractivity contribution is 5.61. The number of pyridine rings is 1. The van der Waals surface area contributed by atoms with Crippen molar-refractivity contribution in [3.05, 3.63) is 108 Å². The molecule has 0 fully saturated rings. The maximum Gasteiger partial charge on any atom is 0.127 e. The predicted octanol–water partition coefficient (Wildman–Crippen LogP) is 7.87. The number of ether oxygens (including phenoxy) is 2. The highest BCUT2D eigenvalue weighted by atomic mass is 19.1. The van der Waals surface area contributed by atoms with Crippen molar-refractivity contribution >= 4 is 5.69 Å². The lowest BCUT2D eigenvalue weighted by Crippen LogP contribution is -2.24. The average molecular weight is 553 g/mol. The van der Waals surface area contributed by atoms with Gasteiger partial charge in [-0.25, -0.2) is 9.37 Å². The van der Waals surface area contributed by atoms with Gasteiger partial charge in [0.1, 0.15) is 35.5 Å². The van der Waals surface area contributed by atoms with E-state index in [2.05, 4.69) is 60.6 Å². The zero-order valence-corrected chi connectivity index (χ0v) is 24.2. The standard InChI is InChI=1S/C34H37FN4O2/c1-24(2)21-34-37-32(23-39(34)28-9-15-31(16-10-28)41-30-13-7-27(35)8-14-30)26-5-11-29(12-6-26)40-20-19-38(4)33-17-18-36-22-25(33)3/h5-7,9-13,15-18,22-24H,8,14,19-21H2,1-4H3. The van der Waals surface area contributed by atoms with Crippen molar-refractivity contribution in [1.82, 2.24) is 14.5 Å². The molecule has 5 rings (SSSR count). The molecule has 0 bridgehead atoms. The lowest BCUT2D eigenvalue weighted by Gasteiger charge is -2.21. The first kappa shape index (κ1) is 28.1. The molecule has 0 unspecified atom stereocenters. The Hall–Kier alpha value is -4.39. The van der Waals surface area contributed by atoms with Crippen LogP contribution < -0.4 is 14.4 Å². The van der Waals surface area contributed by atoms with Crippen LogP contribution in [0, 0.1) is 12.8 Å². The van der Waals surface area contributed by atoms with Gasteiger partial charge in [0.25, 0.3) is 0 Å². The number of anilines is 1. The Morgan fingerprint density at radius 3 is 2.41 bits per heavy atom. The van der Waals surface area contributed by atoms with Gasteiger partial charge < -0.3 is 18.9 Å². The van der Waals surface area contributed by atoms with E-state index >= 15 is 0 Å². The number of nitrogens with zero attached hydrogens (tertiary/aromatic N) is 4. The number of imidazole rings is 1. The molecule has 0 radical (unpaired) electrons. The van der Waals surface area contributed by atoms with E-state index in [1.807, 2.05) is 54.9 Å². The Kier molecular flexibility index (Phi) is 8.82. The molecule has 0 N–H and O–H groups in total. The van der Waals surface area contributed by atoms with Crippen LogP contribution in [0.5, 0.6) is 11.5 Å². The van der Waals surface area contributed by atoms with Gasteiger partial charge in [0.2, 0.25) is 0 Å². The number of benzene rings is 2. The smallest absolute Gasteiger partial charge is 0.127 e. The van der Waals surface area contributed by atoms with E-state index in [1.54, 1.807) is 6.08 Å². The molecule has 7 heteroatoms. The Balaban J connectivity index is 1.26. The summed E-state index contributed by atoms with van der Waals surface area (Å²) in [6.45, 7) is 7.81. The quantitative estimate of drug-likeness (QED) is 0.190. The molecular formula is C34H37FN4O2. The number of halogens is 1. The van der Waals surface area contributed by atoms with E-state index < -0.39 is 0 Å². The number of rotatable bonds is 11. The first-order valence-corrected chi connectivity index (χ1v) is 14.1. The van der Waals surface area contributed by atoms with Crippen molar-refractivity contribution in [2.45, 2.75) is 40.0 Å². The van der Waals surface area contributed by atoms with Crippen molar-refractivity contribution in [3.63, 3.8) is 0 Å². The van der Waals surface area contributed by atoms with Crippen LogP contribution in [0.15, 0.2) is 96.9 Å².